The number of ether oxygens (including phenoxy) is 2. The average Bonchev–Trinajstić information content (AvgIpc) is 2.67. The fourth-order valence-corrected chi connectivity index (χ4v) is 3.00. The molecule has 146 valence electrons. The summed E-state index contributed by atoms with van der Waals surface area (Å²) in [4.78, 5) is 24.7. The van der Waals surface area contributed by atoms with Gasteiger partial charge in [-0.15, -0.1) is 13.2 Å². The van der Waals surface area contributed by atoms with E-state index in [0.29, 0.717) is 25.2 Å². The molecule has 1 atom stereocenters. The van der Waals surface area contributed by atoms with Gasteiger partial charge in [-0.1, -0.05) is 18.2 Å². The largest absolute Gasteiger partial charge is 0.465 e. The summed E-state index contributed by atoms with van der Waals surface area (Å²) in [5, 5.41) is 0. The number of hydrogen-bond acceptors (Lipinski definition) is 4. The van der Waals surface area contributed by atoms with Crippen LogP contribution in [0.15, 0.2) is 37.0 Å². The molecule has 1 aliphatic rings. The number of unbranched alkanes of at least 4 members (excludes halogenated alkanes) is 6. The van der Waals surface area contributed by atoms with Gasteiger partial charge in [0.1, 0.15) is 0 Å². The molecule has 4 nitrogen and oxygen atoms in total. The van der Waals surface area contributed by atoms with Gasteiger partial charge in [0.2, 0.25) is 0 Å². The van der Waals surface area contributed by atoms with Crippen LogP contribution in [0.2, 0.25) is 0 Å². The molecule has 26 heavy (non-hydrogen) atoms. The van der Waals surface area contributed by atoms with Crippen LogP contribution in [0, 0.1) is 5.92 Å². The van der Waals surface area contributed by atoms with Crippen LogP contribution in [0.3, 0.4) is 0 Å². The van der Waals surface area contributed by atoms with Crippen molar-refractivity contribution < 1.29 is 19.1 Å². The third-order valence-electron chi connectivity index (χ3n) is 4.54. The van der Waals surface area contributed by atoms with Crippen LogP contribution in [0.4, 0.5) is 0 Å². The molecule has 0 saturated carbocycles. The van der Waals surface area contributed by atoms with Crippen LogP contribution >= 0.6 is 0 Å². The molecule has 0 fully saturated rings. The smallest absolute Gasteiger partial charge is 0.334 e. The highest BCUT2D eigenvalue weighted by Gasteiger charge is 2.31. The van der Waals surface area contributed by atoms with Crippen molar-refractivity contribution in [3.63, 3.8) is 0 Å². The van der Waals surface area contributed by atoms with E-state index < -0.39 is 5.92 Å². The van der Waals surface area contributed by atoms with E-state index in [1.165, 1.54) is 0 Å². The van der Waals surface area contributed by atoms with Crippen molar-refractivity contribution in [2.45, 2.75) is 70.6 Å². The first-order valence-electron chi connectivity index (χ1n) is 9.96. The summed E-state index contributed by atoms with van der Waals surface area (Å²) in [6.45, 7) is 8.20. The molecular weight excluding hydrogens is 328 g/mol. The monoisotopic (exact) mass is 362 g/mol. The predicted octanol–water partition coefficient (Wildman–Crippen LogP) is 5.29. The number of allylic oxidation sites excluding steroid dienone is 3. The summed E-state index contributed by atoms with van der Waals surface area (Å²) < 4.78 is 10.8. The van der Waals surface area contributed by atoms with E-state index in [4.69, 9.17) is 9.47 Å². The lowest BCUT2D eigenvalue weighted by Crippen LogP contribution is -2.27. The van der Waals surface area contributed by atoms with E-state index in [9.17, 15) is 9.59 Å². The van der Waals surface area contributed by atoms with Crippen LogP contribution < -0.4 is 0 Å². The lowest BCUT2D eigenvalue weighted by Gasteiger charge is -2.21. The Morgan fingerprint density at radius 2 is 1.58 bits per heavy atom. The number of hydrogen-bond donors (Lipinski definition) is 0. The van der Waals surface area contributed by atoms with Crippen LogP contribution in [0.5, 0.6) is 0 Å². The Morgan fingerprint density at radius 1 is 0.962 bits per heavy atom. The highest BCUT2D eigenvalue weighted by Crippen LogP contribution is 2.27. The Hall–Kier alpha value is -1.84. The Bertz CT molecular complexity index is 479. The van der Waals surface area contributed by atoms with Gasteiger partial charge >= 0.3 is 11.9 Å². The first kappa shape index (κ1) is 22.2. The summed E-state index contributed by atoms with van der Waals surface area (Å²) in [6, 6.07) is 0. The van der Waals surface area contributed by atoms with Crippen molar-refractivity contribution in [3.8, 4) is 0 Å². The lowest BCUT2D eigenvalue weighted by molar-refractivity contribution is -0.151. The molecule has 0 N–H and O–H groups in total. The zero-order valence-corrected chi connectivity index (χ0v) is 16.0. The minimum Gasteiger partial charge on any atom is -0.465 e. The van der Waals surface area contributed by atoms with Crippen LogP contribution in [0.1, 0.15) is 70.6 Å². The molecule has 0 amide bonds. The van der Waals surface area contributed by atoms with Crippen molar-refractivity contribution in [1.82, 2.24) is 0 Å². The predicted molar refractivity (Wildman–Crippen MR) is 105 cm³/mol. The molecule has 0 aromatic carbocycles. The molecule has 0 aliphatic heterocycles. The molecule has 0 saturated heterocycles. The first-order chi connectivity index (χ1) is 12.7. The topological polar surface area (TPSA) is 52.6 Å². The second kappa shape index (κ2) is 14.3. The molecule has 1 unspecified atom stereocenters. The highest BCUT2D eigenvalue weighted by molar-refractivity contribution is 5.95. The van der Waals surface area contributed by atoms with E-state index in [1.807, 2.05) is 18.2 Å². The van der Waals surface area contributed by atoms with Gasteiger partial charge in [0.05, 0.1) is 19.1 Å². The van der Waals surface area contributed by atoms with E-state index in [1.54, 1.807) is 0 Å². The second-order valence-corrected chi connectivity index (χ2v) is 6.72. The maximum absolute atomic E-state index is 12.4. The maximum atomic E-state index is 12.4. The third-order valence-corrected chi connectivity index (χ3v) is 4.54. The zero-order chi connectivity index (χ0) is 19.0. The quantitative estimate of drug-likeness (QED) is 0.239. The average molecular weight is 363 g/mol. The minimum atomic E-state index is -0.467. The maximum Gasteiger partial charge on any atom is 0.334 e. The van der Waals surface area contributed by atoms with Crippen molar-refractivity contribution in [2.24, 2.45) is 5.92 Å². The molecule has 0 radical (unpaired) electrons. The number of carbonyl (C=O) groups excluding carboxylic acids is 2. The Morgan fingerprint density at radius 3 is 2.19 bits per heavy atom. The summed E-state index contributed by atoms with van der Waals surface area (Å²) in [5.41, 5.74) is 0.485. The highest BCUT2D eigenvalue weighted by atomic mass is 16.5. The SMILES string of the molecule is C=CCCCCCOC(=O)C1=CCCCC1C(=O)OCCCCCC=C. The second-order valence-electron chi connectivity index (χ2n) is 6.72. The standard InChI is InChI=1S/C22H34O4/c1-3-5-7-9-13-17-25-21(23)19-15-11-12-16-20(19)22(24)26-18-14-10-8-6-4-2/h3-4,15,20H,1-2,5-14,16-18H2. The zero-order valence-electron chi connectivity index (χ0n) is 16.0. The lowest BCUT2D eigenvalue weighted by atomic mass is 9.87. The summed E-state index contributed by atoms with van der Waals surface area (Å²) >= 11 is 0. The Balaban J connectivity index is 2.34. The number of esters is 2. The Labute approximate surface area is 158 Å². The van der Waals surface area contributed by atoms with Crippen LogP contribution in [-0.2, 0) is 19.1 Å². The van der Waals surface area contributed by atoms with Gasteiger partial charge in [0.15, 0.2) is 0 Å². The van der Waals surface area contributed by atoms with Gasteiger partial charge in [0.25, 0.3) is 0 Å². The molecule has 0 bridgehead atoms. The fraction of sp³-hybridized carbons (Fsp3) is 0.636. The van der Waals surface area contributed by atoms with Gasteiger partial charge in [-0.2, -0.15) is 0 Å². The van der Waals surface area contributed by atoms with E-state index in [0.717, 1.165) is 64.2 Å². The number of carbonyl (C=O) groups is 2. The Kier molecular flexibility index (Phi) is 12.2. The van der Waals surface area contributed by atoms with E-state index in [2.05, 4.69) is 13.2 Å². The van der Waals surface area contributed by atoms with Gasteiger partial charge in [-0.05, 0) is 70.6 Å². The molecule has 0 spiro atoms. The minimum absolute atomic E-state index is 0.289. The van der Waals surface area contributed by atoms with Crippen molar-refractivity contribution in [1.29, 1.82) is 0 Å². The van der Waals surface area contributed by atoms with Gasteiger partial charge < -0.3 is 9.47 Å². The number of rotatable bonds is 14. The van der Waals surface area contributed by atoms with E-state index >= 15 is 0 Å². The molecule has 0 heterocycles. The van der Waals surface area contributed by atoms with Crippen molar-refractivity contribution in [3.05, 3.63) is 37.0 Å². The van der Waals surface area contributed by atoms with Gasteiger partial charge in [0, 0.05) is 5.57 Å². The van der Waals surface area contributed by atoms with Crippen molar-refractivity contribution >= 4 is 11.9 Å². The van der Waals surface area contributed by atoms with Crippen molar-refractivity contribution in [2.75, 3.05) is 13.2 Å². The van der Waals surface area contributed by atoms with Gasteiger partial charge in [-0.3, -0.25) is 4.79 Å². The molecule has 4 heteroatoms. The molecule has 1 rings (SSSR count). The van der Waals surface area contributed by atoms with E-state index in [-0.39, 0.29) is 11.9 Å². The summed E-state index contributed by atoms with van der Waals surface area (Å²) in [7, 11) is 0. The normalized spacial score (nSPS) is 16.5. The van der Waals surface area contributed by atoms with Crippen LogP contribution in [0.25, 0.3) is 0 Å². The summed E-state index contributed by atoms with van der Waals surface area (Å²) in [5.74, 6) is -1.12. The fourth-order valence-electron chi connectivity index (χ4n) is 3.00. The molecule has 0 aromatic rings. The van der Waals surface area contributed by atoms with Gasteiger partial charge in [-0.25, -0.2) is 4.79 Å². The molecular formula is C22H34O4. The van der Waals surface area contributed by atoms with Crippen LogP contribution in [-0.4, -0.2) is 25.2 Å². The molecule has 1 aliphatic carbocycles. The first-order valence-corrected chi connectivity index (χ1v) is 9.96. The summed E-state index contributed by atoms with van der Waals surface area (Å²) in [6.07, 6.45) is 15.8. The third kappa shape index (κ3) is 9.02. The molecule has 0 aromatic heterocycles.